The van der Waals surface area contributed by atoms with Crippen molar-refractivity contribution in [2.24, 2.45) is 13.0 Å². The van der Waals surface area contributed by atoms with Crippen molar-refractivity contribution in [1.82, 2.24) is 20.4 Å². The molecule has 1 rings (SSSR count). The maximum absolute atomic E-state index is 11.5. The molecule has 0 spiro atoms. The maximum atomic E-state index is 11.5. The van der Waals surface area contributed by atoms with Crippen molar-refractivity contribution in [3.63, 3.8) is 0 Å². The number of aromatic nitrogens is 2. The molecule has 0 aromatic carbocycles. The molecule has 1 amide bonds. The molecule has 0 aliphatic rings. The van der Waals surface area contributed by atoms with Gasteiger partial charge in [0.15, 0.2) is 0 Å². The smallest absolute Gasteiger partial charge is 0.224 e. The van der Waals surface area contributed by atoms with E-state index in [0.717, 1.165) is 5.56 Å². The second kappa shape index (κ2) is 5.50. The Hall–Kier alpha value is -1.36. The Morgan fingerprint density at radius 1 is 1.67 bits per heavy atom. The van der Waals surface area contributed by atoms with Crippen LogP contribution in [-0.4, -0.2) is 29.3 Å². The van der Waals surface area contributed by atoms with Crippen LogP contribution in [0.4, 0.5) is 0 Å². The molecule has 0 bridgehead atoms. The van der Waals surface area contributed by atoms with Gasteiger partial charge in [0, 0.05) is 37.8 Å². The number of nitrogens with zero attached hydrogens (tertiary/aromatic N) is 2. The van der Waals surface area contributed by atoms with Gasteiger partial charge in [0.25, 0.3) is 0 Å². The highest BCUT2D eigenvalue weighted by Crippen LogP contribution is 1.97. The van der Waals surface area contributed by atoms with E-state index < -0.39 is 0 Å². The summed E-state index contributed by atoms with van der Waals surface area (Å²) in [5.41, 5.74) is 1.02. The van der Waals surface area contributed by atoms with Gasteiger partial charge >= 0.3 is 0 Å². The number of nitrogens with one attached hydrogen (secondary N) is 2. The van der Waals surface area contributed by atoms with Crippen LogP contribution in [0.15, 0.2) is 12.4 Å². The number of rotatable bonds is 5. The first-order valence-electron chi connectivity index (χ1n) is 5.03. The van der Waals surface area contributed by atoms with Gasteiger partial charge in [0.05, 0.1) is 6.20 Å². The highest BCUT2D eigenvalue weighted by molar-refractivity contribution is 5.78. The van der Waals surface area contributed by atoms with Crippen molar-refractivity contribution in [3.8, 4) is 0 Å². The van der Waals surface area contributed by atoms with E-state index in [4.69, 9.17) is 0 Å². The fourth-order valence-electron chi connectivity index (χ4n) is 1.33. The molecule has 0 radical (unpaired) electrons. The molecule has 5 nitrogen and oxygen atoms in total. The SMILES string of the molecule is CNCC(C)C(=O)NCc1cnn(C)c1. The Balaban J connectivity index is 2.34. The number of carbonyl (C=O) groups excluding carboxylic acids is 1. The zero-order chi connectivity index (χ0) is 11.3. The van der Waals surface area contributed by atoms with Crippen LogP contribution >= 0.6 is 0 Å². The molecule has 1 aromatic heterocycles. The molecular formula is C10H18N4O. The average Bonchev–Trinajstić information content (AvgIpc) is 2.61. The number of aryl methyl sites for hydroxylation is 1. The van der Waals surface area contributed by atoms with Gasteiger partial charge in [-0.25, -0.2) is 0 Å². The van der Waals surface area contributed by atoms with E-state index in [9.17, 15) is 4.79 Å². The molecule has 0 aliphatic heterocycles. The highest BCUT2D eigenvalue weighted by atomic mass is 16.1. The minimum atomic E-state index is -0.00771. The van der Waals surface area contributed by atoms with Gasteiger partial charge in [-0.3, -0.25) is 9.48 Å². The first kappa shape index (κ1) is 11.7. The van der Waals surface area contributed by atoms with Crippen LogP contribution in [0.25, 0.3) is 0 Å². The maximum Gasteiger partial charge on any atom is 0.224 e. The Labute approximate surface area is 89.9 Å². The van der Waals surface area contributed by atoms with Gasteiger partial charge in [-0.1, -0.05) is 6.92 Å². The lowest BCUT2D eigenvalue weighted by molar-refractivity contribution is -0.124. The third-order valence-corrected chi connectivity index (χ3v) is 2.18. The van der Waals surface area contributed by atoms with E-state index in [2.05, 4.69) is 15.7 Å². The number of hydrogen-bond acceptors (Lipinski definition) is 3. The zero-order valence-electron chi connectivity index (χ0n) is 9.45. The van der Waals surface area contributed by atoms with Gasteiger partial charge in [0.2, 0.25) is 5.91 Å². The van der Waals surface area contributed by atoms with Crippen molar-refractivity contribution >= 4 is 5.91 Å². The Morgan fingerprint density at radius 2 is 2.40 bits per heavy atom. The lowest BCUT2D eigenvalue weighted by atomic mass is 10.1. The molecule has 0 saturated heterocycles. The summed E-state index contributed by atoms with van der Waals surface area (Å²) in [4.78, 5) is 11.5. The van der Waals surface area contributed by atoms with Gasteiger partial charge in [-0.05, 0) is 7.05 Å². The number of carbonyl (C=O) groups is 1. The van der Waals surface area contributed by atoms with Gasteiger partial charge < -0.3 is 10.6 Å². The quantitative estimate of drug-likeness (QED) is 0.713. The van der Waals surface area contributed by atoms with Crippen LogP contribution < -0.4 is 10.6 Å². The molecular weight excluding hydrogens is 192 g/mol. The molecule has 1 unspecified atom stereocenters. The van der Waals surface area contributed by atoms with Gasteiger partial charge in [0.1, 0.15) is 0 Å². The summed E-state index contributed by atoms with van der Waals surface area (Å²) in [5.74, 6) is 0.0554. The summed E-state index contributed by atoms with van der Waals surface area (Å²) in [6, 6.07) is 0. The summed E-state index contributed by atoms with van der Waals surface area (Å²) in [6.07, 6.45) is 3.64. The molecule has 84 valence electrons. The van der Waals surface area contributed by atoms with E-state index in [1.807, 2.05) is 27.2 Å². The topological polar surface area (TPSA) is 59.0 Å². The third-order valence-electron chi connectivity index (χ3n) is 2.18. The van der Waals surface area contributed by atoms with Crippen molar-refractivity contribution in [1.29, 1.82) is 0 Å². The van der Waals surface area contributed by atoms with Crippen molar-refractivity contribution in [2.75, 3.05) is 13.6 Å². The monoisotopic (exact) mass is 210 g/mol. The van der Waals surface area contributed by atoms with E-state index in [1.165, 1.54) is 0 Å². The van der Waals surface area contributed by atoms with E-state index in [0.29, 0.717) is 13.1 Å². The zero-order valence-corrected chi connectivity index (χ0v) is 9.45. The Kier molecular flexibility index (Phi) is 4.30. The van der Waals surface area contributed by atoms with Crippen LogP contribution in [0.3, 0.4) is 0 Å². The van der Waals surface area contributed by atoms with Gasteiger partial charge in [-0.2, -0.15) is 5.10 Å². The molecule has 2 N–H and O–H groups in total. The standard InChI is InChI=1S/C10H18N4O/c1-8(4-11-2)10(15)12-5-9-6-13-14(3)7-9/h6-8,11H,4-5H2,1-3H3,(H,12,15). The van der Waals surface area contributed by atoms with Crippen LogP contribution in [0.2, 0.25) is 0 Å². The van der Waals surface area contributed by atoms with Crippen molar-refractivity contribution < 1.29 is 4.79 Å². The number of hydrogen-bond donors (Lipinski definition) is 2. The predicted octanol–water partition coefficient (Wildman–Crippen LogP) is -0.108. The summed E-state index contributed by atoms with van der Waals surface area (Å²) in [7, 11) is 3.69. The van der Waals surface area contributed by atoms with Crippen molar-refractivity contribution in [2.45, 2.75) is 13.5 Å². The van der Waals surface area contributed by atoms with E-state index in [-0.39, 0.29) is 11.8 Å². The molecule has 15 heavy (non-hydrogen) atoms. The third kappa shape index (κ3) is 3.71. The van der Waals surface area contributed by atoms with Crippen molar-refractivity contribution in [3.05, 3.63) is 18.0 Å². The lowest BCUT2D eigenvalue weighted by Crippen LogP contribution is -2.33. The minimum absolute atomic E-state index is 0.00771. The summed E-state index contributed by atoms with van der Waals surface area (Å²) in [6.45, 7) is 3.13. The van der Waals surface area contributed by atoms with E-state index in [1.54, 1.807) is 10.9 Å². The lowest BCUT2D eigenvalue weighted by Gasteiger charge is -2.10. The normalized spacial score (nSPS) is 12.5. The Bertz CT molecular complexity index is 321. The summed E-state index contributed by atoms with van der Waals surface area (Å²) >= 11 is 0. The first-order chi connectivity index (χ1) is 7.13. The van der Waals surface area contributed by atoms with Gasteiger partial charge in [-0.15, -0.1) is 0 Å². The molecule has 0 fully saturated rings. The highest BCUT2D eigenvalue weighted by Gasteiger charge is 2.10. The molecule has 1 aromatic rings. The fraction of sp³-hybridized carbons (Fsp3) is 0.600. The molecule has 0 aliphatic carbocycles. The predicted molar refractivity (Wildman–Crippen MR) is 58.1 cm³/mol. The molecule has 1 atom stereocenters. The first-order valence-corrected chi connectivity index (χ1v) is 5.03. The summed E-state index contributed by atoms with van der Waals surface area (Å²) in [5, 5.41) is 9.87. The molecule has 5 heteroatoms. The number of amides is 1. The van der Waals surface area contributed by atoms with Crippen LogP contribution in [0, 0.1) is 5.92 Å². The minimum Gasteiger partial charge on any atom is -0.352 e. The molecule has 0 saturated carbocycles. The fourth-order valence-corrected chi connectivity index (χ4v) is 1.33. The van der Waals surface area contributed by atoms with Crippen LogP contribution in [0.5, 0.6) is 0 Å². The van der Waals surface area contributed by atoms with E-state index >= 15 is 0 Å². The second-order valence-corrected chi connectivity index (χ2v) is 3.70. The van der Waals surface area contributed by atoms with Crippen LogP contribution in [-0.2, 0) is 18.4 Å². The summed E-state index contributed by atoms with van der Waals surface area (Å²) < 4.78 is 1.72. The largest absolute Gasteiger partial charge is 0.352 e. The van der Waals surface area contributed by atoms with Crippen LogP contribution in [0.1, 0.15) is 12.5 Å². The molecule has 1 heterocycles. The Morgan fingerprint density at radius 3 is 2.93 bits per heavy atom. The average molecular weight is 210 g/mol. The second-order valence-electron chi connectivity index (χ2n) is 3.70.